The lowest BCUT2D eigenvalue weighted by Gasteiger charge is -2.35. The molecule has 1 amide bonds. The third kappa shape index (κ3) is 5.62. The zero-order valence-electron chi connectivity index (χ0n) is 20.4. The minimum absolute atomic E-state index is 0.0624. The van der Waals surface area contributed by atoms with Gasteiger partial charge in [0.15, 0.2) is 17.3 Å². The number of nitrogens with zero attached hydrogens (tertiary/aromatic N) is 5. The number of hydrogen-bond acceptors (Lipinski definition) is 8. The van der Waals surface area contributed by atoms with Crippen LogP contribution in [0, 0.1) is 0 Å². The van der Waals surface area contributed by atoms with E-state index in [0.29, 0.717) is 68.8 Å². The number of amides is 1. The Balaban J connectivity index is 1.45. The highest BCUT2D eigenvalue weighted by Crippen LogP contribution is 2.39. The maximum Gasteiger partial charge on any atom is 0.254 e. The molecular weight excluding hydrogens is 446 g/mol. The summed E-state index contributed by atoms with van der Waals surface area (Å²) < 4.78 is 17.3. The van der Waals surface area contributed by atoms with Gasteiger partial charge < -0.3 is 24.0 Å². The SMILES string of the molecule is CCOc1cc(C(=O)N2CCN(c3ccc(-c4cccnc4)nn3)CC2)cc(OCC)c1OCC. The van der Waals surface area contributed by atoms with E-state index in [4.69, 9.17) is 14.2 Å². The highest BCUT2D eigenvalue weighted by molar-refractivity contribution is 5.95. The van der Waals surface area contributed by atoms with Crippen LogP contribution in [0.4, 0.5) is 5.82 Å². The van der Waals surface area contributed by atoms with Crippen molar-refractivity contribution in [3.05, 3.63) is 54.4 Å². The molecule has 0 unspecified atom stereocenters. The van der Waals surface area contributed by atoms with Crippen molar-refractivity contribution >= 4 is 11.7 Å². The van der Waals surface area contributed by atoms with E-state index in [9.17, 15) is 4.79 Å². The lowest BCUT2D eigenvalue weighted by Crippen LogP contribution is -2.49. The van der Waals surface area contributed by atoms with Gasteiger partial charge in [0.05, 0.1) is 25.5 Å². The third-order valence-electron chi connectivity index (χ3n) is 5.65. The van der Waals surface area contributed by atoms with Crippen LogP contribution in [0.1, 0.15) is 31.1 Å². The molecule has 0 saturated carbocycles. The van der Waals surface area contributed by atoms with Crippen LogP contribution in [-0.4, -0.2) is 72.0 Å². The number of ether oxygens (including phenoxy) is 3. The topological polar surface area (TPSA) is 89.9 Å². The molecule has 0 N–H and O–H groups in total. The molecule has 3 aromatic rings. The van der Waals surface area contributed by atoms with E-state index < -0.39 is 0 Å². The second-order valence-electron chi connectivity index (χ2n) is 7.90. The number of carbonyl (C=O) groups excluding carboxylic acids is 1. The van der Waals surface area contributed by atoms with Crippen molar-refractivity contribution in [2.45, 2.75) is 20.8 Å². The van der Waals surface area contributed by atoms with Crippen LogP contribution in [-0.2, 0) is 0 Å². The van der Waals surface area contributed by atoms with Crippen molar-refractivity contribution in [1.82, 2.24) is 20.1 Å². The lowest BCUT2D eigenvalue weighted by atomic mass is 10.1. The molecule has 4 rings (SSSR count). The van der Waals surface area contributed by atoms with E-state index in [1.54, 1.807) is 24.5 Å². The van der Waals surface area contributed by atoms with Crippen LogP contribution >= 0.6 is 0 Å². The van der Waals surface area contributed by atoms with E-state index in [1.165, 1.54) is 0 Å². The molecule has 1 aromatic carbocycles. The van der Waals surface area contributed by atoms with Gasteiger partial charge in [-0.15, -0.1) is 10.2 Å². The fourth-order valence-corrected chi connectivity index (χ4v) is 4.00. The van der Waals surface area contributed by atoms with Gasteiger partial charge in [-0.05, 0) is 57.2 Å². The Morgan fingerprint density at radius 3 is 2.11 bits per heavy atom. The maximum absolute atomic E-state index is 13.3. The summed E-state index contributed by atoms with van der Waals surface area (Å²) in [5.74, 6) is 2.30. The van der Waals surface area contributed by atoms with Gasteiger partial charge in [0.25, 0.3) is 5.91 Å². The predicted octanol–water partition coefficient (Wildman–Crippen LogP) is 3.70. The summed E-state index contributed by atoms with van der Waals surface area (Å²) in [6.45, 7) is 9.58. The van der Waals surface area contributed by atoms with Gasteiger partial charge in [0, 0.05) is 49.7 Å². The molecule has 0 radical (unpaired) electrons. The Kier molecular flexibility index (Phi) is 7.97. The smallest absolute Gasteiger partial charge is 0.254 e. The van der Waals surface area contributed by atoms with E-state index >= 15 is 0 Å². The molecule has 1 fully saturated rings. The van der Waals surface area contributed by atoms with E-state index in [0.717, 1.165) is 17.1 Å². The number of rotatable bonds is 9. The average Bonchev–Trinajstić information content (AvgIpc) is 2.91. The molecule has 3 heterocycles. The summed E-state index contributed by atoms with van der Waals surface area (Å²) >= 11 is 0. The summed E-state index contributed by atoms with van der Waals surface area (Å²) in [6, 6.07) is 11.2. The first-order valence-corrected chi connectivity index (χ1v) is 12.0. The third-order valence-corrected chi connectivity index (χ3v) is 5.65. The average molecular weight is 478 g/mol. The van der Waals surface area contributed by atoms with E-state index in [1.807, 2.05) is 49.9 Å². The second kappa shape index (κ2) is 11.5. The van der Waals surface area contributed by atoms with Crippen molar-refractivity contribution in [2.24, 2.45) is 0 Å². The van der Waals surface area contributed by atoms with Gasteiger partial charge in [-0.2, -0.15) is 0 Å². The minimum Gasteiger partial charge on any atom is -0.490 e. The summed E-state index contributed by atoms with van der Waals surface area (Å²) in [7, 11) is 0. The Morgan fingerprint density at radius 1 is 0.886 bits per heavy atom. The van der Waals surface area contributed by atoms with Crippen LogP contribution < -0.4 is 19.1 Å². The fourth-order valence-electron chi connectivity index (χ4n) is 4.00. The molecule has 0 spiro atoms. The minimum atomic E-state index is -0.0624. The van der Waals surface area contributed by atoms with Crippen LogP contribution in [0.3, 0.4) is 0 Å². The standard InChI is InChI=1S/C26H31N5O4/c1-4-33-22-16-20(17-23(34-5-2)25(22)35-6-3)26(32)31-14-12-30(13-15-31)24-10-9-21(28-29-24)19-8-7-11-27-18-19/h7-11,16-18H,4-6,12-15H2,1-3H3. The molecule has 9 heteroatoms. The molecule has 0 bridgehead atoms. The number of benzene rings is 1. The quantitative estimate of drug-likeness (QED) is 0.461. The highest BCUT2D eigenvalue weighted by Gasteiger charge is 2.26. The summed E-state index contributed by atoms with van der Waals surface area (Å²) in [5, 5.41) is 8.75. The van der Waals surface area contributed by atoms with Gasteiger partial charge in [-0.1, -0.05) is 0 Å². The van der Waals surface area contributed by atoms with E-state index in [-0.39, 0.29) is 5.91 Å². The number of anilines is 1. The molecule has 1 aliphatic heterocycles. The van der Waals surface area contributed by atoms with Crippen molar-refractivity contribution < 1.29 is 19.0 Å². The maximum atomic E-state index is 13.3. The Labute approximate surface area is 205 Å². The number of carbonyl (C=O) groups is 1. The molecule has 9 nitrogen and oxygen atoms in total. The number of piperazine rings is 1. The Morgan fingerprint density at radius 2 is 1.57 bits per heavy atom. The largest absolute Gasteiger partial charge is 0.490 e. The number of aromatic nitrogens is 3. The molecule has 1 aliphatic rings. The second-order valence-corrected chi connectivity index (χ2v) is 7.90. The Bertz CT molecular complexity index is 1090. The zero-order chi connectivity index (χ0) is 24.6. The van der Waals surface area contributed by atoms with Gasteiger partial charge >= 0.3 is 0 Å². The number of hydrogen-bond donors (Lipinski definition) is 0. The van der Waals surface area contributed by atoms with Gasteiger partial charge in [-0.3, -0.25) is 9.78 Å². The van der Waals surface area contributed by atoms with Gasteiger partial charge in [-0.25, -0.2) is 0 Å². The molecule has 35 heavy (non-hydrogen) atoms. The predicted molar refractivity (Wildman–Crippen MR) is 133 cm³/mol. The van der Waals surface area contributed by atoms with Crippen molar-refractivity contribution in [3.63, 3.8) is 0 Å². The van der Waals surface area contributed by atoms with E-state index in [2.05, 4.69) is 20.1 Å². The molecule has 1 saturated heterocycles. The Hall–Kier alpha value is -3.88. The first-order chi connectivity index (χ1) is 17.1. The van der Waals surface area contributed by atoms with Gasteiger partial charge in [0.2, 0.25) is 5.75 Å². The first-order valence-electron chi connectivity index (χ1n) is 12.0. The number of pyridine rings is 1. The summed E-state index contributed by atoms with van der Waals surface area (Å²) in [5.41, 5.74) is 2.23. The van der Waals surface area contributed by atoms with Crippen molar-refractivity contribution in [2.75, 3.05) is 50.9 Å². The van der Waals surface area contributed by atoms with Crippen LogP contribution in [0.15, 0.2) is 48.8 Å². The van der Waals surface area contributed by atoms with Crippen molar-refractivity contribution in [1.29, 1.82) is 0 Å². The fraction of sp³-hybridized carbons (Fsp3) is 0.385. The molecule has 0 aliphatic carbocycles. The van der Waals surface area contributed by atoms with Crippen LogP contribution in [0.2, 0.25) is 0 Å². The summed E-state index contributed by atoms with van der Waals surface area (Å²) in [6.07, 6.45) is 3.50. The molecule has 0 atom stereocenters. The highest BCUT2D eigenvalue weighted by atomic mass is 16.5. The van der Waals surface area contributed by atoms with Crippen LogP contribution in [0.5, 0.6) is 17.2 Å². The normalized spacial score (nSPS) is 13.5. The zero-order valence-corrected chi connectivity index (χ0v) is 20.4. The van der Waals surface area contributed by atoms with Gasteiger partial charge in [0.1, 0.15) is 0 Å². The summed E-state index contributed by atoms with van der Waals surface area (Å²) in [4.78, 5) is 21.5. The van der Waals surface area contributed by atoms with Crippen molar-refractivity contribution in [3.8, 4) is 28.5 Å². The molecule has 184 valence electrons. The molecule has 2 aromatic heterocycles. The monoisotopic (exact) mass is 477 g/mol. The molecular formula is C26H31N5O4. The van der Waals surface area contributed by atoms with Crippen LogP contribution in [0.25, 0.3) is 11.3 Å². The lowest BCUT2D eigenvalue weighted by molar-refractivity contribution is 0.0745. The first kappa shape index (κ1) is 24.3.